The summed E-state index contributed by atoms with van der Waals surface area (Å²) in [6.07, 6.45) is 4.85. The Labute approximate surface area is 141 Å². The lowest BCUT2D eigenvalue weighted by atomic mass is 9.92. The quantitative estimate of drug-likeness (QED) is 0.906. The maximum Gasteiger partial charge on any atom is 0.248 e. The number of aryl methyl sites for hydroxylation is 2. The first-order chi connectivity index (χ1) is 11.5. The summed E-state index contributed by atoms with van der Waals surface area (Å²) < 4.78 is 27.5. The highest BCUT2D eigenvalue weighted by atomic mass is 32.2. The second kappa shape index (κ2) is 5.86. The molecule has 0 amide bonds. The van der Waals surface area contributed by atoms with Crippen molar-refractivity contribution in [3.05, 3.63) is 63.1 Å². The van der Waals surface area contributed by atoms with Gasteiger partial charge in [0.05, 0.1) is 4.90 Å². The van der Waals surface area contributed by atoms with E-state index < -0.39 is 10.0 Å². The Balaban J connectivity index is 1.66. The molecule has 1 N–H and O–H groups in total. The Morgan fingerprint density at radius 2 is 1.67 bits per heavy atom. The molecule has 0 radical (unpaired) electrons. The third-order valence-corrected chi connectivity index (χ3v) is 6.85. The van der Waals surface area contributed by atoms with Crippen LogP contribution in [-0.2, 0) is 35.8 Å². The molecule has 2 aromatic rings. The Hall–Kier alpha value is -1.92. The van der Waals surface area contributed by atoms with Gasteiger partial charge in [-0.3, -0.25) is 4.79 Å². The first kappa shape index (κ1) is 15.6. The molecular weight excluding hydrogens is 324 g/mol. The lowest BCUT2D eigenvalue weighted by Crippen LogP contribution is -2.37. The number of H-pyrrole nitrogens is 1. The highest BCUT2D eigenvalue weighted by Crippen LogP contribution is 2.28. The topological polar surface area (TPSA) is 70.2 Å². The fourth-order valence-corrected chi connectivity index (χ4v) is 5.12. The zero-order valence-electron chi connectivity index (χ0n) is 13.4. The molecule has 1 aliphatic carbocycles. The molecule has 0 atom stereocenters. The first-order valence-corrected chi connectivity index (χ1v) is 9.81. The van der Waals surface area contributed by atoms with Crippen molar-refractivity contribution in [3.8, 4) is 0 Å². The van der Waals surface area contributed by atoms with E-state index in [0.717, 1.165) is 30.5 Å². The van der Waals surface area contributed by atoms with Gasteiger partial charge in [-0.05, 0) is 54.5 Å². The monoisotopic (exact) mass is 344 g/mol. The maximum absolute atomic E-state index is 13.0. The first-order valence-electron chi connectivity index (χ1n) is 8.37. The molecule has 1 aromatic carbocycles. The maximum atomic E-state index is 13.0. The zero-order valence-corrected chi connectivity index (χ0v) is 14.2. The molecule has 126 valence electrons. The summed E-state index contributed by atoms with van der Waals surface area (Å²) in [5.41, 5.74) is 4.03. The van der Waals surface area contributed by atoms with Gasteiger partial charge in [0.1, 0.15) is 0 Å². The molecule has 0 saturated carbocycles. The number of aromatic nitrogens is 1. The van der Waals surface area contributed by atoms with Gasteiger partial charge in [-0.15, -0.1) is 0 Å². The van der Waals surface area contributed by atoms with E-state index in [0.29, 0.717) is 24.4 Å². The van der Waals surface area contributed by atoms with E-state index in [1.807, 2.05) is 12.1 Å². The standard InChI is InChI=1S/C18H20N2O3S/c21-18-8-6-15-12-20(10-9-17(15)19-18)24(22,23)16-7-5-13-3-1-2-4-14(13)11-16/h5-8,11H,1-4,9-10,12H2,(H,19,21). The highest BCUT2D eigenvalue weighted by Gasteiger charge is 2.29. The highest BCUT2D eigenvalue weighted by molar-refractivity contribution is 7.89. The van der Waals surface area contributed by atoms with Gasteiger partial charge >= 0.3 is 0 Å². The minimum absolute atomic E-state index is 0.139. The van der Waals surface area contributed by atoms with Crippen molar-refractivity contribution < 1.29 is 8.42 Å². The van der Waals surface area contributed by atoms with Crippen molar-refractivity contribution in [2.45, 2.75) is 43.5 Å². The fourth-order valence-electron chi connectivity index (χ4n) is 3.65. The van der Waals surface area contributed by atoms with E-state index in [4.69, 9.17) is 0 Å². The van der Waals surface area contributed by atoms with Crippen LogP contribution in [0.25, 0.3) is 0 Å². The molecule has 0 unspecified atom stereocenters. The predicted octanol–water partition coefficient (Wildman–Crippen LogP) is 2.00. The third-order valence-electron chi connectivity index (χ3n) is 5.01. The van der Waals surface area contributed by atoms with Gasteiger partial charge in [-0.2, -0.15) is 4.31 Å². The summed E-state index contributed by atoms with van der Waals surface area (Å²) in [7, 11) is -3.51. The van der Waals surface area contributed by atoms with Gasteiger partial charge in [0.2, 0.25) is 15.6 Å². The van der Waals surface area contributed by atoms with Gasteiger partial charge in [-0.1, -0.05) is 12.1 Å². The van der Waals surface area contributed by atoms with E-state index in [9.17, 15) is 13.2 Å². The number of hydrogen-bond donors (Lipinski definition) is 1. The van der Waals surface area contributed by atoms with E-state index in [-0.39, 0.29) is 5.56 Å². The van der Waals surface area contributed by atoms with Crippen LogP contribution < -0.4 is 5.56 Å². The predicted molar refractivity (Wildman–Crippen MR) is 91.4 cm³/mol. The average molecular weight is 344 g/mol. The molecule has 2 aliphatic rings. The van der Waals surface area contributed by atoms with Crippen LogP contribution in [-0.4, -0.2) is 24.3 Å². The van der Waals surface area contributed by atoms with Crippen LogP contribution in [0.1, 0.15) is 35.2 Å². The molecule has 1 aromatic heterocycles. The van der Waals surface area contributed by atoms with Gasteiger partial charge in [0.15, 0.2) is 0 Å². The number of nitrogens with zero attached hydrogens (tertiary/aromatic N) is 1. The Morgan fingerprint density at radius 1 is 0.917 bits per heavy atom. The molecule has 0 fully saturated rings. The SMILES string of the molecule is O=c1ccc2c([nH]1)CCN(S(=O)(=O)c1ccc3c(c1)CCCC3)C2. The molecule has 0 saturated heterocycles. The van der Waals surface area contributed by atoms with Crippen LogP contribution in [0.4, 0.5) is 0 Å². The molecule has 24 heavy (non-hydrogen) atoms. The van der Waals surface area contributed by atoms with Gasteiger partial charge < -0.3 is 4.98 Å². The molecule has 2 heterocycles. The molecule has 1 aliphatic heterocycles. The fraction of sp³-hybridized carbons (Fsp3) is 0.389. The van der Waals surface area contributed by atoms with Crippen LogP contribution in [0.15, 0.2) is 40.0 Å². The number of nitrogens with one attached hydrogen (secondary N) is 1. The zero-order chi connectivity index (χ0) is 16.7. The Bertz CT molecular complexity index is 947. The smallest absolute Gasteiger partial charge is 0.248 e. The number of fused-ring (bicyclic) bond motifs is 2. The number of benzene rings is 1. The largest absolute Gasteiger partial charge is 0.326 e. The number of pyridine rings is 1. The van der Waals surface area contributed by atoms with Gasteiger partial charge in [0.25, 0.3) is 0 Å². The normalized spacial score (nSPS) is 18.0. The summed E-state index contributed by atoms with van der Waals surface area (Å²) in [6, 6.07) is 8.74. The minimum Gasteiger partial charge on any atom is -0.326 e. The van der Waals surface area contributed by atoms with Crippen LogP contribution in [0.5, 0.6) is 0 Å². The molecule has 0 bridgehead atoms. The molecular formula is C18H20N2O3S. The summed E-state index contributed by atoms with van der Waals surface area (Å²) in [5, 5.41) is 0. The summed E-state index contributed by atoms with van der Waals surface area (Å²) in [4.78, 5) is 14.6. The second-order valence-electron chi connectivity index (χ2n) is 6.55. The van der Waals surface area contributed by atoms with Crippen LogP contribution in [0.2, 0.25) is 0 Å². The summed E-state index contributed by atoms with van der Waals surface area (Å²) in [5.74, 6) is 0. The van der Waals surface area contributed by atoms with E-state index in [1.165, 1.54) is 27.9 Å². The third kappa shape index (κ3) is 2.70. The van der Waals surface area contributed by atoms with E-state index in [1.54, 1.807) is 12.1 Å². The van der Waals surface area contributed by atoms with E-state index >= 15 is 0 Å². The molecule has 5 nitrogen and oxygen atoms in total. The van der Waals surface area contributed by atoms with Crippen LogP contribution in [0.3, 0.4) is 0 Å². The summed E-state index contributed by atoms with van der Waals surface area (Å²) in [6.45, 7) is 0.706. The molecule has 6 heteroatoms. The van der Waals surface area contributed by atoms with Gasteiger partial charge in [0, 0.05) is 31.3 Å². The van der Waals surface area contributed by atoms with Gasteiger partial charge in [-0.25, -0.2) is 8.42 Å². The van der Waals surface area contributed by atoms with Crippen molar-refractivity contribution in [2.75, 3.05) is 6.54 Å². The van der Waals surface area contributed by atoms with Crippen molar-refractivity contribution in [1.29, 1.82) is 0 Å². The van der Waals surface area contributed by atoms with Crippen molar-refractivity contribution >= 4 is 10.0 Å². The lowest BCUT2D eigenvalue weighted by Gasteiger charge is -2.28. The molecule has 0 spiro atoms. The Morgan fingerprint density at radius 3 is 2.50 bits per heavy atom. The average Bonchev–Trinajstić information content (AvgIpc) is 2.60. The summed E-state index contributed by atoms with van der Waals surface area (Å²) >= 11 is 0. The van der Waals surface area contributed by atoms with E-state index in [2.05, 4.69) is 4.98 Å². The van der Waals surface area contributed by atoms with Crippen molar-refractivity contribution in [2.24, 2.45) is 0 Å². The van der Waals surface area contributed by atoms with Crippen LogP contribution in [0, 0.1) is 0 Å². The second-order valence-corrected chi connectivity index (χ2v) is 8.49. The number of hydrogen-bond acceptors (Lipinski definition) is 3. The van der Waals surface area contributed by atoms with Crippen molar-refractivity contribution in [3.63, 3.8) is 0 Å². The Kier molecular flexibility index (Phi) is 3.81. The number of sulfonamides is 1. The number of aromatic amines is 1. The number of rotatable bonds is 2. The minimum atomic E-state index is -3.51. The lowest BCUT2D eigenvalue weighted by molar-refractivity contribution is 0.387. The van der Waals surface area contributed by atoms with Crippen LogP contribution >= 0.6 is 0 Å². The van der Waals surface area contributed by atoms with Crippen molar-refractivity contribution in [1.82, 2.24) is 9.29 Å². The molecule has 4 rings (SSSR count).